The number of carboxylic acids is 1. The number of aliphatic carboxylic acids is 1. The third-order valence-corrected chi connectivity index (χ3v) is 1.29. The molecule has 0 saturated heterocycles. The molecule has 12 heavy (non-hydrogen) atoms. The molecule has 0 unspecified atom stereocenters. The quantitative estimate of drug-likeness (QED) is 0.678. The first-order valence-electron chi connectivity index (χ1n) is 2.78. The summed E-state index contributed by atoms with van der Waals surface area (Å²) in [5.41, 5.74) is 0. The van der Waals surface area contributed by atoms with Gasteiger partial charge in [0.05, 0.1) is 0 Å². The van der Waals surface area contributed by atoms with Crippen molar-refractivity contribution >= 4 is 5.97 Å². The summed E-state index contributed by atoms with van der Waals surface area (Å²) in [7, 11) is 0. The van der Waals surface area contributed by atoms with Crippen molar-refractivity contribution in [3.05, 3.63) is 0 Å². The second-order valence-corrected chi connectivity index (χ2v) is 2.18. The largest absolute Gasteiger partial charge is 0.481 e. The SMILES string of the molecule is C[C@H](C(=O)O)C(F)(F)C(F)(F)F. The molecule has 1 N–H and O–H groups in total. The minimum absolute atomic E-state index is 0.301. The van der Waals surface area contributed by atoms with Crippen LogP contribution >= 0.6 is 0 Å². The molecule has 0 aromatic rings. The fourth-order valence-electron chi connectivity index (χ4n) is 0.401. The van der Waals surface area contributed by atoms with Crippen LogP contribution in [0.1, 0.15) is 6.92 Å². The summed E-state index contributed by atoms with van der Waals surface area (Å²) in [4.78, 5) is 9.81. The van der Waals surface area contributed by atoms with E-state index in [1.165, 1.54) is 0 Å². The van der Waals surface area contributed by atoms with Crippen LogP contribution < -0.4 is 0 Å². The van der Waals surface area contributed by atoms with Crippen LogP contribution in [0.5, 0.6) is 0 Å². The van der Waals surface area contributed by atoms with Gasteiger partial charge in [-0.05, 0) is 6.92 Å². The Kier molecular flexibility index (Phi) is 2.66. The van der Waals surface area contributed by atoms with Crippen LogP contribution in [0.4, 0.5) is 22.0 Å². The zero-order valence-corrected chi connectivity index (χ0v) is 5.82. The van der Waals surface area contributed by atoms with Crippen molar-refractivity contribution in [3.63, 3.8) is 0 Å². The van der Waals surface area contributed by atoms with E-state index in [-0.39, 0.29) is 0 Å². The summed E-state index contributed by atoms with van der Waals surface area (Å²) >= 11 is 0. The Morgan fingerprint density at radius 1 is 1.25 bits per heavy atom. The van der Waals surface area contributed by atoms with E-state index in [1.54, 1.807) is 0 Å². The van der Waals surface area contributed by atoms with E-state index in [2.05, 4.69) is 0 Å². The topological polar surface area (TPSA) is 37.3 Å². The van der Waals surface area contributed by atoms with Crippen molar-refractivity contribution in [2.24, 2.45) is 5.92 Å². The standard InChI is InChI=1S/C5H5F5O2/c1-2(3(11)12)4(6,7)5(8,9)10/h2H,1H3,(H,11,12)/t2-/m1/s1. The van der Waals surface area contributed by atoms with Gasteiger partial charge < -0.3 is 5.11 Å². The summed E-state index contributed by atoms with van der Waals surface area (Å²) in [6.45, 7) is 0.301. The van der Waals surface area contributed by atoms with E-state index in [0.29, 0.717) is 6.92 Å². The van der Waals surface area contributed by atoms with Crippen molar-refractivity contribution in [1.82, 2.24) is 0 Å². The molecular weight excluding hydrogens is 187 g/mol. The molecule has 0 bridgehead atoms. The minimum atomic E-state index is -5.81. The molecule has 7 heteroatoms. The molecule has 0 heterocycles. The van der Waals surface area contributed by atoms with Gasteiger partial charge in [-0.1, -0.05) is 0 Å². The number of alkyl halides is 5. The van der Waals surface area contributed by atoms with Crippen LogP contribution in [0, 0.1) is 5.92 Å². The normalized spacial score (nSPS) is 15.8. The molecule has 0 aliphatic rings. The zero-order chi connectivity index (χ0) is 10.2. The van der Waals surface area contributed by atoms with Crippen LogP contribution in [0.3, 0.4) is 0 Å². The second-order valence-electron chi connectivity index (χ2n) is 2.18. The third kappa shape index (κ3) is 1.83. The number of hydrogen-bond donors (Lipinski definition) is 1. The molecule has 0 aliphatic heterocycles. The van der Waals surface area contributed by atoms with E-state index < -0.39 is 24.0 Å². The van der Waals surface area contributed by atoms with Gasteiger partial charge in [0.25, 0.3) is 0 Å². The van der Waals surface area contributed by atoms with Crippen molar-refractivity contribution in [2.45, 2.75) is 19.0 Å². The van der Waals surface area contributed by atoms with Crippen molar-refractivity contribution in [1.29, 1.82) is 0 Å². The Morgan fingerprint density at radius 3 is 1.67 bits per heavy atom. The summed E-state index contributed by atoms with van der Waals surface area (Å²) in [5, 5.41) is 7.90. The van der Waals surface area contributed by atoms with E-state index >= 15 is 0 Å². The monoisotopic (exact) mass is 192 g/mol. The van der Waals surface area contributed by atoms with Gasteiger partial charge in [-0.2, -0.15) is 22.0 Å². The number of carboxylic acid groups (broad SMARTS) is 1. The molecule has 1 atom stereocenters. The zero-order valence-electron chi connectivity index (χ0n) is 5.82. The van der Waals surface area contributed by atoms with Crippen molar-refractivity contribution in [3.8, 4) is 0 Å². The van der Waals surface area contributed by atoms with Crippen LogP contribution in [0.25, 0.3) is 0 Å². The molecule has 72 valence electrons. The molecule has 0 amide bonds. The first-order valence-corrected chi connectivity index (χ1v) is 2.78. The van der Waals surface area contributed by atoms with E-state index in [9.17, 15) is 26.7 Å². The molecule has 2 nitrogen and oxygen atoms in total. The van der Waals surface area contributed by atoms with Crippen LogP contribution in [0.2, 0.25) is 0 Å². The van der Waals surface area contributed by atoms with Crippen molar-refractivity contribution < 1.29 is 31.9 Å². The van der Waals surface area contributed by atoms with E-state index in [4.69, 9.17) is 5.11 Å². The maximum atomic E-state index is 12.1. The fourth-order valence-corrected chi connectivity index (χ4v) is 0.401. The lowest BCUT2D eigenvalue weighted by molar-refractivity contribution is -0.298. The first kappa shape index (κ1) is 11.1. The lowest BCUT2D eigenvalue weighted by Gasteiger charge is -2.22. The summed E-state index contributed by atoms with van der Waals surface area (Å²) in [5.74, 6) is -10.1. The Morgan fingerprint density at radius 2 is 1.58 bits per heavy atom. The van der Waals surface area contributed by atoms with Gasteiger partial charge in [-0.15, -0.1) is 0 Å². The average Bonchev–Trinajstić information content (AvgIpc) is 1.83. The fraction of sp³-hybridized carbons (Fsp3) is 0.800. The highest BCUT2D eigenvalue weighted by molar-refractivity contribution is 5.70. The third-order valence-electron chi connectivity index (χ3n) is 1.29. The van der Waals surface area contributed by atoms with Gasteiger partial charge in [-0.25, -0.2) is 0 Å². The Balaban J connectivity index is 4.73. The molecule has 0 aliphatic carbocycles. The van der Waals surface area contributed by atoms with Gasteiger partial charge in [-0.3, -0.25) is 4.79 Å². The molecule has 0 aromatic carbocycles. The van der Waals surface area contributed by atoms with E-state index in [0.717, 1.165) is 0 Å². The van der Waals surface area contributed by atoms with Gasteiger partial charge in [0.15, 0.2) is 0 Å². The predicted octanol–water partition coefficient (Wildman–Crippen LogP) is 1.90. The molecule has 0 rings (SSSR count). The maximum absolute atomic E-state index is 12.1. The molecule has 0 spiro atoms. The highest BCUT2D eigenvalue weighted by Gasteiger charge is 2.63. The van der Waals surface area contributed by atoms with Crippen LogP contribution in [-0.4, -0.2) is 23.2 Å². The molecular formula is C5H5F5O2. The predicted molar refractivity (Wildman–Crippen MR) is 27.8 cm³/mol. The summed E-state index contributed by atoms with van der Waals surface area (Å²) < 4.78 is 58.4. The molecule has 0 fully saturated rings. The van der Waals surface area contributed by atoms with Crippen LogP contribution in [-0.2, 0) is 4.79 Å². The van der Waals surface area contributed by atoms with Crippen molar-refractivity contribution in [2.75, 3.05) is 0 Å². The van der Waals surface area contributed by atoms with Gasteiger partial charge in [0.2, 0.25) is 0 Å². The highest BCUT2D eigenvalue weighted by Crippen LogP contribution is 2.41. The minimum Gasteiger partial charge on any atom is -0.481 e. The Labute approximate surface area is 64.0 Å². The maximum Gasteiger partial charge on any atom is 0.454 e. The Hall–Kier alpha value is -0.880. The smallest absolute Gasteiger partial charge is 0.454 e. The summed E-state index contributed by atoms with van der Waals surface area (Å²) in [6, 6.07) is 0. The summed E-state index contributed by atoms with van der Waals surface area (Å²) in [6.07, 6.45) is -5.81. The van der Waals surface area contributed by atoms with Crippen LogP contribution in [0.15, 0.2) is 0 Å². The molecule has 0 radical (unpaired) electrons. The van der Waals surface area contributed by atoms with Gasteiger partial charge in [0, 0.05) is 0 Å². The lowest BCUT2D eigenvalue weighted by Crippen LogP contribution is -2.45. The van der Waals surface area contributed by atoms with Gasteiger partial charge >= 0.3 is 18.1 Å². The number of hydrogen-bond acceptors (Lipinski definition) is 1. The molecule has 0 saturated carbocycles. The lowest BCUT2D eigenvalue weighted by atomic mass is 10.0. The van der Waals surface area contributed by atoms with E-state index in [1.807, 2.05) is 0 Å². The molecule has 0 aromatic heterocycles. The second kappa shape index (κ2) is 2.87. The highest BCUT2D eigenvalue weighted by atomic mass is 19.4. The number of halogens is 5. The Bertz CT molecular complexity index is 185. The number of rotatable bonds is 2. The first-order chi connectivity index (χ1) is 5.10. The van der Waals surface area contributed by atoms with Gasteiger partial charge in [0.1, 0.15) is 5.92 Å². The average molecular weight is 192 g/mol. The number of carbonyl (C=O) groups is 1.